The summed E-state index contributed by atoms with van der Waals surface area (Å²) in [7, 11) is 0. The van der Waals surface area contributed by atoms with Gasteiger partial charge in [0.05, 0.1) is 4.70 Å². The highest BCUT2D eigenvalue weighted by molar-refractivity contribution is 7.13. The lowest BCUT2D eigenvalue weighted by Crippen LogP contribution is -2.44. The first-order valence-electron chi connectivity index (χ1n) is 6.21. The Labute approximate surface area is 118 Å². The van der Waals surface area contributed by atoms with E-state index >= 15 is 0 Å². The maximum atomic E-state index is 5.88. The van der Waals surface area contributed by atoms with Crippen molar-refractivity contribution in [3.63, 3.8) is 0 Å². The summed E-state index contributed by atoms with van der Waals surface area (Å²) < 4.78 is 5.90. The topological polar surface area (TPSA) is 42.1 Å². The van der Waals surface area contributed by atoms with Crippen LogP contribution in [0.3, 0.4) is 0 Å². The molecule has 1 aliphatic heterocycles. The highest BCUT2D eigenvalue weighted by atomic mass is 35.5. The van der Waals surface area contributed by atoms with Gasteiger partial charge in [-0.2, -0.15) is 4.37 Å². The monoisotopic (exact) mass is 283 g/mol. The molecule has 5 heteroatoms. The van der Waals surface area contributed by atoms with Gasteiger partial charge in [0.1, 0.15) is 5.82 Å². The third-order valence-corrected chi connectivity index (χ3v) is 4.35. The van der Waals surface area contributed by atoms with Crippen LogP contribution in [0, 0.1) is 0 Å². The van der Waals surface area contributed by atoms with Crippen LogP contribution < -0.4 is 10.6 Å². The van der Waals surface area contributed by atoms with Gasteiger partial charge < -0.3 is 10.6 Å². The third kappa shape index (κ3) is 2.32. The normalized spacial score (nSPS) is 19.8. The molecular weight excluding hydrogens is 266 g/mol. The summed E-state index contributed by atoms with van der Waals surface area (Å²) in [6.07, 6.45) is 3.74. The average Bonchev–Trinajstić information content (AvgIpc) is 2.82. The van der Waals surface area contributed by atoms with Gasteiger partial charge in [0, 0.05) is 24.5 Å². The van der Waals surface area contributed by atoms with Gasteiger partial charge in [-0.3, -0.25) is 0 Å². The highest BCUT2D eigenvalue weighted by Gasteiger charge is 2.24. The zero-order chi connectivity index (χ0) is 11.7. The van der Waals surface area contributed by atoms with E-state index in [2.05, 4.69) is 33.5 Å². The van der Waals surface area contributed by atoms with Crippen LogP contribution in [0.2, 0.25) is 0 Å². The van der Waals surface area contributed by atoms with Crippen molar-refractivity contribution in [2.75, 3.05) is 18.0 Å². The van der Waals surface area contributed by atoms with Crippen molar-refractivity contribution in [2.24, 2.45) is 5.73 Å². The molecule has 0 amide bonds. The molecule has 1 aliphatic rings. The molecule has 2 heterocycles. The Morgan fingerprint density at radius 1 is 1.33 bits per heavy atom. The van der Waals surface area contributed by atoms with Crippen LogP contribution in [0.5, 0.6) is 0 Å². The lowest BCUT2D eigenvalue weighted by atomic mass is 10.0. The second-order valence-electron chi connectivity index (χ2n) is 4.58. The van der Waals surface area contributed by atoms with E-state index in [1.54, 1.807) is 11.5 Å². The third-order valence-electron chi connectivity index (χ3n) is 3.53. The van der Waals surface area contributed by atoms with Gasteiger partial charge in [0.2, 0.25) is 0 Å². The van der Waals surface area contributed by atoms with E-state index in [9.17, 15) is 0 Å². The Morgan fingerprint density at radius 2 is 2.17 bits per heavy atom. The first kappa shape index (κ1) is 13.6. The van der Waals surface area contributed by atoms with Gasteiger partial charge in [-0.15, -0.1) is 12.4 Å². The Morgan fingerprint density at radius 3 is 3.00 bits per heavy atom. The predicted molar refractivity (Wildman–Crippen MR) is 80.9 cm³/mol. The van der Waals surface area contributed by atoms with Crippen molar-refractivity contribution < 1.29 is 0 Å². The summed E-state index contributed by atoms with van der Waals surface area (Å²) in [5.74, 6) is 1.14. The molecule has 0 aliphatic carbocycles. The zero-order valence-corrected chi connectivity index (χ0v) is 11.8. The molecule has 0 bridgehead atoms. The standard InChI is InChI=1S/C13H17N3S.ClH/c14-9-10-5-3-4-8-16(10)13-11-6-1-2-7-12(11)17-15-13;/h1-2,6-7,10H,3-5,8-9,14H2;1H. The smallest absolute Gasteiger partial charge is 0.150 e. The van der Waals surface area contributed by atoms with Gasteiger partial charge >= 0.3 is 0 Å². The van der Waals surface area contributed by atoms with Gasteiger partial charge in [-0.05, 0) is 42.9 Å². The largest absolute Gasteiger partial charge is 0.351 e. The number of aromatic nitrogens is 1. The van der Waals surface area contributed by atoms with Crippen LogP contribution in [-0.2, 0) is 0 Å². The number of hydrogen-bond donors (Lipinski definition) is 1. The fourth-order valence-corrected chi connectivity index (χ4v) is 3.39. The van der Waals surface area contributed by atoms with Crippen LogP contribution >= 0.6 is 23.9 Å². The maximum Gasteiger partial charge on any atom is 0.150 e. The van der Waals surface area contributed by atoms with E-state index < -0.39 is 0 Å². The zero-order valence-electron chi connectivity index (χ0n) is 10.2. The minimum Gasteiger partial charge on any atom is -0.351 e. The van der Waals surface area contributed by atoms with E-state index in [4.69, 9.17) is 5.73 Å². The lowest BCUT2D eigenvalue weighted by Gasteiger charge is -2.35. The quantitative estimate of drug-likeness (QED) is 0.921. The number of rotatable bonds is 2. The van der Waals surface area contributed by atoms with Gasteiger partial charge in [0.15, 0.2) is 0 Å². The minimum atomic E-state index is 0. The number of anilines is 1. The molecule has 98 valence electrons. The van der Waals surface area contributed by atoms with Crippen LogP contribution in [-0.4, -0.2) is 23.5 Å². The van der Waals surface area contributed by atoms with Crippen LogP contribution in [0.15, 0.2) is 24.3 Å². The SMILES string of the molecule is Cl.NCC1CCCCN1c1nsc2ccccc12. The number of nitrogens with two attached hydrogens (primary N) is 1. The fourth-order valence-electron chi connectivity index (χ4n) is 2.60. The fraction of sp³-hybridized carbons (Fsp3) is 0.462. The summed E-state index contributed by atoms with van der Waals surface area (Å²) in [5, 5.41) is 1.28. The molecule has 1 atom stereocenters. The molecule has 0 saturated carbocycles. The Balaban J connectivity index is 0.00000120. The van der Waals surface area contributed by atoms with E-state index in [-0.39, 0.29) is 12.4 Å². The first-order chi connectivity index (χ1) is 8.40. The molecule has 1 saturated heterocycles. The van der Waals surface area contributed by atoms with Crippen molar-refractivity contribution in [1.29, 1.82) is 0 Å². The number of hydrogen-bond acceptors (Lipinski definition) is 4. The maximum absolute atomic E-state index is 5.88. The van der Waals surface area contributed by atoms with Crippen molar-refractivity contribution in [1.82, 2.24) is 4.37 Å². The molecule has 3 rings (SSSR count). The van der Waals surface area contributed by atoms with Gasteiger partial charge in [0.25, 0.3) is 0 Å². The summed E-state index contributed by atoms with van der Waals surface area (Å²) in [6.45, 7) is 1.82. The van der Waals surface area contributed by atoms with E-state index in [1.807, 2.05) is 0 Å². The van der Waals surface area contributed by atoms with Gasteiger partial charge in [-0.1, -0.05) is 12.1 Å². The Hall–Kier alpha value is -0.840. The average molecular weight is 284 g/mol. The number of fused-ring (bicyclic) bond motifs is 1. The first-order valence-corrected chi connectivity index (χ1v) is 6.98. The Kier molecular flexibility index (Phi) is 4.43. The lowest BCUT2D eigenvalue weighted by molar-refractivity contribution is 0.464. The van der Waals surface area contributed by atoms with Gasteiger partial charge in [-0.25, -0.2) is 0 Å². The number of benzene rings is 1. The van der Waals surface area contributed by atoms with Crippen LogP contribution in [0.1, 0.15) is 19.3 Å². The molecule has 1 fully saturated rings. The highest BCUT2D eigenvalue weighted by Crippen LogP contribution is 2.32. The minimum absolute atomic E-state index is 0. The summed E-state index contributed by atoms with van der Waals surface area (Å²) >= 11 is 1.59. The van der Waals surface area contributed by atoms with Crippen LogP contribution in [0.4, 0.5) is 5.82 Å². The number of halogens is 1. The molecule has 3 nitrogen and oxygen atoms in total. The van der Waals surface area contributed by atoms with Crippen LogP contribution in [0.25, 0.3) is 10.1 Å². The van der Waals surface area contributed by atoms with Crippen molar-refractivity contribution in [3.8, 4) is 0 Å². The van der Waals surface area contributed by atoms with E-state index in [1.165, 1.54) is 29.3 Å². The van der Waals surface area contributed by atoms with Crippen molar-refractivity contribution >= 4 is 39.8 Å². The van der Waals surface area contributed by atoms with E-state index in [0.29, 0.717) is 6.04 Å². The number of piperidine rings is 1. The molecule has 0 radical (unpaired) electrons. The molecule has 0 spiro atoms. The van der Waals surface area contributed by atoms with Crippen molar-refractivity contribution in [2.45, 2.75) is 25.3 Å². The second-order valence-corrected chi connectivity index (χ2v) is 5.39. The summed E-state index contributed by atoms with van der Waals surface area (Å²) in [4.78, 5) is 2.41. The summed E-state index contributed by atoms with van der Waals surface area (Å²) in [6, 6.07) is 8.92. The van der Waals surface area contributed by atoms with Crippen molar-refractivity contribution in [3.05, 3.63) is 24.3 Å². The molecule has 2 aromatic rings. The van der Waals surface area contributed by atoms with E-state index in [0.717, 1.165) is 18.9 Å². The molecular formula is C13H18ClN3S. The molecule has 18 heavy (non-hydrogen) atoms. The molecule has 1 aromatic heterocycles. The Bertz CT molecular complexity index is 514. The second kappa shape index (κ2) is 5.87. The molecule has 2 N–H and O–H groups in total. The summed E-state index contributed by atoms with van der Waals surface area (Å²) in [5.41, 5.74) is 5.88. The number of nitrogens with zero attached hydrogens (tertiary/aromatic N) is 2. The molecule has 1 unspecified atom stereocenters. The molecule has 1 aromatic carbocycles. The predicted octanol–water partition coefficient (Wildman–Crippen LogP) is 3.04.